The molecule has 210 valence electrons. The zero-order valence-corrected chi connectivity index (χ0v) is 26.0. The lowest BCUT2D eigenvalue weighted by molar-refractivity contribution is -0.113. The van der Waals surface area contributed by atoms with Crippen molar-refractivity contribution in [2.75, 3.05) is 12.0 Å². The third-order valence-electron chi connectivity index (χ3n) is 7.02. The van der Waals surface area contributed by atoms with Gasteiger partial charge in [-0.15, -0.1) is 0 Å². The second-order valence-corrected chi connectivity index (χ2v) is 12.0. The summed E-state index contributed by atoms with van der Waals surface area (Å²) in [7, 11) is 3.40. The molecule has 0 aliphatic carbocycles. The van der Waals surface area contributed by atoms with Gasteiger partial charge in [0.2, 0.25) is 0 Å². The number of rotatable bonds is 6. The summed E-state index contributed by atoms with van der Waals surface area (Å²) in [6.07, 6.45) is 3.67. The topological polar surface area (TPSA) is 74.3 Å². The predicted octanol–water partition coefficient (Wildman–Crippen LogP) is 6.51. The molecule has 42 heavy (non-hydrogen) atoms. The molecule has 5 aromatic rings. The SMILES string of the molecule is COc1ccc(-c2nn(-c3ccccc3)cc2/C=C2\SC(=S)N(c3c(C)n(C)n(-c4ccccc4)c3=O)C2=O)cc1Br. The second kappa shape index (κ2) is 11.2. The molecule has 11 heteroatoms. The lowest BCUT2D eigenvalue weighted by Crippen LogP contribution is -2.33. The summed E-state index contributed by atoms with van der Waals surface area (Å²) in [6, 6.07) is 24.8. The first-order valence-electron chi connectivity index (χ1n) is 12.9. The number of thiocarbonyl (C=S) groups is 1. The van der Waals surface area contributed by atoms with Crippen molar-refractivity contribution in [3.05, 3.63) is 116 Å². The highest BCUT2D eigenvalue weighted by molar-refractivity contribution is 9.10. The number of hydrogen-bond donors (Lipinski definition) is 0. The average Bonchev–Trinajstić information content (AvgIpc) is 3.61. The molecule has 1 saturated heterocycles. The highest BCUT2D eigenvalue weighted by atomic mass is 79.9. The van der Waals surface area contributed by atoms with Crippen LogP contribution in [-0.2, 0) is 11.8 Å². The van der Waals surface area contributed by atoms with E-state index in [-0.39, 0.29) is 17.2 Å². The normalized spacial score (nSPS) is 14.3. The minimum Gasteiger partial charge on any atom is -0.496 e. The summed E-state index contributed by atoms with van der Waals surface area (Å²) < 4.78 is 11.5. The Morgan fingerprint density at radius 1 is 0.976 bits per heavy atom. The Bertz CT molecular complexity index is 1940. The van der Waals surface area contributed by atoms with Crippen LogP contribution in [-0.4, -0.2) is 36.5 Å². The van der Waals surface area contributed by atoms with E-state index in [4.69, 9.17) is 22.1 Å². The fraction of sp³-hybridized carbons (Fsp3) is 0.0968. The largest absolute Gasteiger partial charge is 0.496 e. The first-order valence-corrected chi connectivity index (χ1v) is 14.9. The fourth-order valence-electron chi connectivity index (χ4n) is 4.86. The molecular formula is C31H24BrN5O3S2. The number of anilines is 1. The highest BCUT2D eigenvalue weighted by Gasteiger charge is 2.38. The third-order valence-corrected chi connectivity index (χ3v) is 8.94. The van der Waals surface area contributed by atoms with Gasteiger partial charge in [-0.2, -0.15) is 5.10 Å². The van der Waals surface area contributed by atoms with E-state index < -0.39 is 0 Å². The van der Waals surface area contributed by atoms with Crippen LogP contribution in [0.3, 0.4) is 0 Å². The molecule has 0 saturated carbocycles. The highest BCUT2D eigenvalue weighted by Crippen LogP contribution is 2.38. The Labute approximate surface area is 259 Å². The van der Waals surface area contributed by atoms with Gasteiger partial charge in [-0.05, 0) is 71.4 Å². The molecule has 2 aromatic heterocycles. The Morgan fingerprint density at radius 3 is 2.29 bits per heavy atom. The lowest BCUT2D eigenvalue weighted by Gasteiger charge is -2.12. The first kappa shape index (κ1) is 28.0. The van der Waals surface area contributed by atoms with Gasteiger partial charge in [0.25, 0.3) is 11.5 Å². The maximum atomic E-state index is 13.9. The van der Waals surface area contributed by atoms with Crippen molar-refractivity contribution in [1.29, 1.82) is 0 Å². The van der Waals surface area contributed by atoms with E-state index in [9.17, 15) is 9.59 Å². The van der Waals surface area contributed by atoms with Crippen molar-refractivity contribution >= 4 is 61.9 Å². The number of carbonyl (C=O) groups excluding carboxylic acids is 1. The van der Waals surface area contributed by atoms with Gasteiger partial charge in [-0.1, -0.05) is 60.4 Å². The monoisotopic (exact) mass is 657 g/mol. The van der Waals surface area contributed by atoms with Crippen LogP contribution in [0.25, 0.3) is 28.7 Å². The zero-order chi connectivity index (χ0) is 29.5. The summed E-state index contributed by atoms with van der Waals surface area (Å²) in [5.74, 6) is 0.341. The van der Waals surface area contributed by atoms with Crippen LogP contribution >= 0.6 is 39.9 Å². The predicted molar refractivity (Wildman–Crippen MR) is 175 cm³/mol. The second-order valence-electron chi connectivity index (χ2n) is 9.49. The van der Waals surface area contributed by atoms with E-state index >= 15 is 0 Å². The van der Waals surface area contributed by atoms with E-state index in [0.29, 0.717) is 32.1 Å². The van der Waals surface area contributed by atoms with Crippen LogP contribution in [0.5, 0.6) is 5.75 Å². The molecule has 0 radical (unpaired) electrons. The molecule has 1 aliphatic rings. The summed E-state index contributed by atoms with van der Waals surface area (Å²) in [6.45, 7) is 1.81. The number of carbonyl (C=O) groups is 1. The fourth-order valence-corrected chi connectivity index (χ4v) is 6.66. The molecule has 3 heterocycles. The van der Waals surface area contributed by atoms with E-state index in [1.165, 1.54) is 9.58 Å². The Kier molecular flexibility index (Phi) is 7.48. The van der Waals surface area contributed by atoms with Crippen LogP contribution in [0.2, 0.25) is 0 Å². The van der Waals surface area contributed by atoms with Crippen LogP contribution in [0.4, 0.5) is 5.69 Å². The minimum atomic E-state index is -0.356. The van der Waals surface area contributed by atoms with Gasteiger partial charge in [-0.25, -0.2) is 9.36 Å². The standard InChI is InChI=1S/C31H24BrN5O3S2/c1-19-28(30(39)37(34(19)2)23-12-8-5-9-13-23)36-29(38)26(42-31(36)41)17-21-18-35(22-10-6-4-7-11-22)33-27(21)20-14-15-25(40-3)24(32)16-20/h4-18H,1-3H3/b26-17-. The summed E-state index contributed by atoms with van der Waals surface area (Å²) in [5.41, 5.74) is 4.36. The van der Waals surface area contributed by atoms with Gasteiger partial charge in [0.1, 0.15) is 17.1 Å². The number of amides is 1. The van der Waals surface area contributed by atoms with Crippen molar-refractivity contribution < 1.29 is 9.53 Å². The Balaban J connectivity index is 1.44. The molecule has 0 unspecified atom stereocenters. The van der Waals surface area contributed by atoms with E-state index in [2.05, 4.69) is 15.9 Å². The van der Waals surface area contributed by atoms with Crippen LogP contribution < -0.4 is 15.2 Å². The van der Waals surface area contributed by atoms with Gasteiger partial charge >= 0.3 is 0 Å². The molecule has 1 fully saturated rings. The number of aromatic nitrogens is 4. The maximum Gasteiger partial charge on any atom is 0.296 e. The minimum absolute atomic E-state index is 0.242. The Morgan fingerprint density at radius 2 is 1.64 bits per heavy atom. The lowest BCUT2D eigenvalue weighted by atomic mass is 10.1. The molecule has 1 amide bonds. The quantitative estimate of drug-likeness (QED) is 0.153. The Hall–Kier alpha value is -4.19. The van der Waals surface area contributed by atoms with Gasteiger partial charge in [0.15, 0.2) is 4.32 Å². The molecule has 3 aromatic carbocycles. The van der Waals surface area contributed by atoms with Crippen molar-refractivity contribution in [3.63, 3.8) is 0 Å². The zero-order valence-electron chi connectivity index (χ0n) is 22.8. The number of halogens is 1. The molecule has 0 atom stereocenters. The molecule has 0 spiro atoms. The number of benzene rings is 3. The maximum absolute atomic E-state index is 13.9. The smallest absolute Gasteiger partial charge is 0.296 e. The molecule has 8 nitrogen and oxygen atoms in total. The molecule has 0 bridgehead atoms. The van der Waals surface area contributed by atoms with Crippen LogP contribution in [0.1, 0.15) is 11.3 Å². The number of thioether (sulfide) groups is 1. The molecule has 1 aliphatic heterocycles. The molecular weight excluding hydrogens is 634 g/mol. The number of nitrogens with zero attached hydrogens (tertiary/aromatic N) is 5. The summed E-state index contributed by atoms with van der Waals surface area (Å²) in [5, 5.41) is 4.87. The number of ether oxygens (including phenoxy) is 1. The van der Waals surface area contributed by atoms with E-state index in [1.54, 1.807) is 29.6 Å². The van der Waals surface area contributed by atoms with Crippen molar-refractivity contribution in [2.45, 2.75) is 6.92 Å². The van der Waals surface area contributed by atoms with Crippen molar-refractivity contribution in [3.8, 4) is 28.4 Å². The third kappa shape index (κ3) is 4.83. The number of hydrogen-bond acceptors (Lipinski definition) is 6. The summed E-state index contributed by atoms with van der Waals surface area (Å²) >= 11 is 10.4. The van der Waals surface area contributed by atoms with Gasteiger partial charge in [0.05, 0.1) is 33.6 Å². The van der Waals surface area contributed by atoms with E-state index in [1.807, 2.05) is 92.0 Å². The summed E-state index contributed by atoms with van der Waals surface area (Å²) in [4.78, 5) is 29.3. The van der Waals surface area contributed by atoms with Gasteiger partial charge in [-0.3, -0.25) is 19.2 Å². The van der Waals surface area contributed by atoms with Crippen molar-refractivity contribution in [1.82, 2.24) is 19.1 Å². The van der Waals surface area contributed by atoms with Gasteiger partial charge in [0, 0.05) is 24.4 Å². The van der Waals surface area contributed by atoms with Crippen molar-refractivity contribution in [2.24, 2.45) is 7.05 Å². The number of methoxy groups -OCH3 is 1. The first-order chi connectivity index (χ1) is 20.3. The van der Waals surface area contributed by atoms with E-state index in [0.717, 1.165) is 33.0 Å². The number of para-hydroxylation sites is 2. The van der Waals surface area contributed by atoms with Crippen LogP contribution in [0, 0.1) is 6.92 Å². The molecule has 6 rings (SSSR count). The molecule has 0 N–H and O–H groups in total. The van der Waals surface area contributed by atoms with Gasteiger partial charge < -0.3 is 4.74 Å². The van der Waals surface area contributed by atoms with Crippen LogP contribution in [0.15, 0.2) is 99.2 Å². The average molecular weight is 659 g/mol.